The van der Waals surface area contributed by atoms with Gasteiger partial charge in [0.05, 0.1) is 0 Å². The van der Waals surface area contributed by atoms with E-state index in [0.717, 1.165) is 11.2 Å². The van der Waals surface area contributed by atoms with Gasteiger partial charge in [-0.2, -0.15) is 0 Å². The summed E-state index contributed by atoms with van der Waals surface area (Å²) in [6, 6.07) is 7.85. The van der Waals surface area contributed by atoms with Crippen LogP contribution in [0, 0.1) is 0 Å². The van der Waals surface area contributed by atoms with E-state index in [1.54, 1.807) is 0 Å². The van der Waals surface area contributed by atoms with Crippen LogP contribution in [-0.4, -0.2) is 4.98 Å². The van der Waals surface area contributed by atoms with Gasteiger partial charge in [0.15, 0.2) is 0 Å². The van der Waals surface area contributed by atoms with Gasteiger partial charge in [0, 0.05) is 17.4 Å². The number of nitrogens with one attached hydrogen (secondary N) is 1. The zero-order valence-corrected chi connectivity index (χ0v) is 6.69. The van der Waals surface area contributed by atoms with Crippen molar-refractivity contribution in [2.24, 2.45) is 0 Å². The molecule has 2 rings (SSSR count). The van der Waals surface area contributed by atoms with Crippen LogP contribution in [0.2, 0.25) is 0 Å². The lowest BCUT2D eigenvalue weighted by Gasteiger charge is -1.90. The van der Waals surface area contributed by atoms with E-state index in [4.69, 9.17) is 5.73 Å². The van der Waals surface area contributed by atoms with Gasteiger partial charge in [-0.3, -0.25) is 0 Å². The quantitative estimate of drug-likeness (QED) is 0.582. The Kier molecular flexibility index (Phi) is 2.06. The molecule has 3 heteroatoms. The van der Waals surface area contributed by atoms with Crippen molar-refractivity contribution in [3.8, 4) is 0 Å². The highest BCUT2D eigenvalue weighted by atomic mass is 35.5. The van der Waals surface area contributed by atoms with Gasteiger partial charge >= 0.3 is 0 Å². The topological polar surface area (TPSA) is 41.8 Å². The summed E-state index contributed by atoms with van der Waals surface area (Å²) in [4.78, 5) is 3.08. The Morgan fingerprint density at radius 3 is 2.82 bits per heavy atom. The minimum absolute atomic E-state index is 0. The molecule has 2 aromatic rings. The molecule has 58 valence electrons. The van der Waals surface area contributed by atoms with Crippen LogP contribution in [0.1, 0.15) is 0 Å². The number of benzene rings is 1. The van der Waals surface area contributed by atoms with Crippen LogP contribution in [0.25, 0.3) is 10.9 Å². The first-order valence-corrected chi connectivity index (χ1v) is 3.19. The summed E-state index contributed by atoms with van der Waals surface area (Å²) in [7, 11) is 0. The van der Waals surface area contributed by atoms with Crippen molar-refractivity contribution in [1.82, 2.24) is 4.98 Å². The fourth-order valence-electron chi connectivity index (χ4n) is 1.07. The molecule has 3 N–H and O–H groups in total. The average molecular weight is 169 g/mol. The van der Waals surface area contributed by atoms with Gasteiger partial charge in [-0.15, -0.1) is 12.4 Å². The van der Waals surface area contributed by atoms with Crippen LogP contribution in [-0.2, 0) is 0 Å². The molecule has 0 amide bonds. The second kappa shape index (κ2) is 2.84. The molecular weight excluding hydrogens is 160 g/mol. The predicted molar refractivity (Wildman–Crippen MR) is 50.0 cm³/mol. The molecule has 2 nitrogen and oxygen atoms in total. The van der Waals surface area contributed by atoms with Crippen LogP contribution in [0.3, 0.4) is 0 Å². The largest absolute Gasteiger partial charge is 0.399 e. The molecule has 0 aliphatic rings. The second-order valence-corrected chi connectivity index (χ2v) is 2.32. The SMILES string of the molecule is Cl.Nc1ccc2cc[nH]c2c1. The van der Waals surface area contributed by atoms with Crippen molar-refractivity contribution < 1.29 is 0 Å². The number of hydrogen-bond donors (Lipinski definition) is 2. The number of nitrogen functional groups attached to an aromatic ring is 1. The molecule has 0 aliphatic heterocycles. The molecule has 0 spiro atoms. The number of rotatable bonds is 0. The van der Waals surface area contributed by atoms with E-state index in [1.165, 1.54) is 5.39 Å². The van der Waals surface area contributed by atoms with Crippen LogP contribution < -0.4 is 5.73 Å². The zero-order valence-electron chi connectivity index (χ0n) is 5.87. The van der Waals surface area contributed by atoms with Crippen molar-refractivity contribution >= 4 is 29.0 Å². The van der Waals surface area contributed by atoms with E-state index in [1.807, 2.05) is 30.5 Å². The Balaban J connectivity index is 0.000000605. The van der Waals surface area contributed by atoms with Gasteiger partial charge in [0.1, 0.15) is 0 Å². The molecule has 0 bridgehead atoms. The highest BCUT2D eigenvalue weighted by Crippen LogP contribution is 2.14. The first kappa shape index (κ1) is 7.95. The molecule has 1 heterocycles. The molecule has 0 radical (unpaired) electrons. The minimum Gasteiger partial charge on any atom is -0.399 e. The number of aromatic nitrogens is 1. The molecular formula is C8H9ClN2. The molecule has 1 aromatic heterocycles. The summed E-state index contributed by atoms with van der Waals surface area (Å²) in [6.45, 7) is 0. The molecule has 0 saturated heterocycles. The smallest absolute Gasteiger partial charge is 0.0474 e. The maximum absolute atomic E-state index is 5.56. The number of halogens is 1. The fraction of sp³-hybridized carbons (Fsp3) is 0. The maximum atomic E-state index is 5.56. The second-order valence-electron chi connectivity index (χ2n) is 2.32. The molecule has 11 heavy (non-hydrogen) atoms. The van der Waals surface area contributed by atoms with Crippen LogP contribution >= 0.6 is 12.4 Å². The molecule has 0 saturated carbocycles. The van der Waals surface area contributed by atoms with E-state index in [0.29, 0.717) is 0 Å². The summed E-state index contributed by atoms with van der Waals surface area (Å²) in [5.41, 5.74) is 7.46. The lowest BCUT2D eigenvalue weighted by molar-refractivity contribution is 1.48. The molecule has 0 unspecified atom stereocenters. The van der Waals surface area contributed by atoms with Crippen LogP contribution in [0.5, 0.6) is 0 Å². The average Bonchev–Trinajstić information content (AvgIpc) is 2.33. The number of fused-ring (bicyclic) bond motifs is 1. The third-order valence-electron chi connectivity index (χ3n) is 1.58. The Morgan fingerprint density at radius 2 is 2.00 bits per heavy atom. The lowest BCUT2D eigenvalue weighted by atomic mass is 10.2. The van der Waals surface area contributed by atoms with Crippen LogP contribution in [0.15, 0.2) is 30.5 Å². The fourth-order valence-corrected chi connectivity index (χ4v) is 1.07. The van der Waals surface area contributed by atoms with Gasteiger partial charge in [0.25, 0.3) is 0 Å². The summed E-state index contributed by atoms with van der Waals surface area (Å²) in [6.07, 6.45) is 1.91. The van der Waals surface area contributed by atoms with Crippen molar-refractivity contribution in [2.45, 2.75) is 0 Å². The highest BCUT2D eigenvalue weighted by Gasteiger charge is 1.91. The van der Waals surface area contributed by atoms with Crippen molar-refractivity contribution in [2.75, 3.05) is 5.73 Å². The Hall–Kier alpha value is -1.15. The summed E-state index contributed by atoms with van der Waals surface area (Å²) in [5.74, 6) is 0. The van der Waals surface area contributed by atoms with E-state index in [9.17, 15) is 0 Å². The Bertz CT molecular complexity index is 354. The van der Waals surface area contributed by atoms with Gasteiger partial charge in [-0.25, -0.2) is 0 Å². The first-order chi connectivity index (χ1) is 4.86. The number of aromatic amines is 1. The monoisotopic (exact) mass is 168 g/mol. The number of anilines is 1. The third-order valence-corrected chi connectivity index (χ3v) is 1.58. The summed E-state index contributed by atoms with van der Waals surface area (Å²) in [5, 5.41) is 1.20. The van der Waals surface area contributed by atoms with Crippen molar-refractivity contribution in [1.29, 1.82) is 0 Å². The minimum atomic E-state index is 0. The van der Waals surface area contributed by atoms with Gasteiger partial charge in [-0.05, 0) is 23.6 Å². The van der Waals surface area contributed by atoms with Crippen molar-refractivity contribution in [3.63, 3.8) is 0 Å². The van der Waals surface area contributed by atoms with Crippen LogP contribution in [0.4, 0.5) is 5.69 Å². The highest BCUT2D eigenvalue weighted by molar-refractivity contribution is 5.85. The van der Waals surface area contributed by atoms with E-state index < -0.39 is 0 Å². The molecule has 1 aromatic carbocycles. The predicted octanol–water partition coefficient (Wildman–Crippen LogP) is 2.17. The molecule has 0 fully saturated rings. The summed E-state index contributed by atoms with van der Waals surface area (Å²) < 4.78 is 0. The van der Waals surface area contributed by atoms with Gasteiger partial charge < -0.3 is 10.7 Å². The van der Waals surface area contributed by atoms with E-state index >= 15 is 0 Å². The zero-order chi connectivity index (χ0) is 6.97. The first-order valence-electron chi connectivity index (χ1n) is 3.19. The van der Waals surface area contributed by atoms with E-state index in [2.05, 4.69) is 4.98 Å². The third kappa shape index (κ3) is 1.30. The van der Waals surface area contributed by atoms with Gasteiger partial charge in [-0.1, -0.05) is 6.07 Å². The lowest BCUT2D eigenvalue weighted by Crippen LogP contribution is -1.81. The standard InChI is InChI=1S/C8H8N2.ClH/c9-7-2-1-6-3-4-10-8(6)5-7;/h1-5,10H,9H2;1H. The number of nitrogens with two attached hydrogens (primary N) is 1. The van der Waals surface area contributed by atoms with Gasteiger partial charge in [0.2, 0.25) is 0 Å². The Labute approximate surface area is 70.8 Å². The Morgan fingerprint density at radius 1 is 1.18 bits per heavy atom. The molecule has 0 aliphatic carbocycles. The maximum Gasteiger partial charge on any atom is 0.0474 e. The summed E-state index contributed by atoms with van der Waals surface area (Å²) >= 11 is 0. The van der Waals surface area contributed by atoms with Crippen molar-refractivity contribution in [3.05, 3.63) is 30.5 Å². The molecule has 0 atom stereocenters. The number of hydrogen-bond acceptors (Lipinski definition) is 1. The normalized spacial score (nSPS) is 9.45. The van der Waals surface area contributed by atoms with E-state index in [-0.39, 0.29) is 12.4 Å². The number of H-pyrrole nitrogens is 1.